The Kier molecular flexibility index (Phi) is 3.83. The molecule has 0 aliphatic carbocycles. The van der Waals surface area contributed by atoms with Gasteiger partial charge in [-0.3, -0.25) is 0 Å². The molecule has 9 heteroatoms. The van der Waals surface area contributed by atoms with Gasteiger partial charge < -0.3 is 10.4 Å². The lowest BCUT2D eigenvalue weighted by atomic mass is 10.2. The minimum Gasteiger partial charge on any atom is -0.394 e. The summed E-state index contributed by atoms with van der Waals surface area (Å²) in [6, 6.07) is 7.72. The van der Waals surface area contributed by atoms with Crippen molar-refractivity contribution < 1.29 is 5.11 Å². The van der Waals surface area contributed by atoms with Crippen molar-refractivity contribution in [3.8, 4) is 5.69 Å². The minimum absolute atomic E-state index is 0.0458. The fraction of sp³-hybridized carbons (Fsp3) is 0.250. The van der Waals surface area contributed by atoms with Crippen LogP contribution in [-0.2, 0) is 13.1 Å². The summed E-state index contributed by atoms with van der Waals surface area (Å²) in [5.41, 5.74) is 2.60. The quantitative estimate of drug-likeness (QED) is 0.649. The molecule has 2 heterocycles. The van der Waals surface area contributed by atoms with E-state index in [-0.39, 0.29) is 6.61 Å². The maximum atomic E-state index is 8.84. The average molecular weight is 286 g/mol. The molecule has 0 fully saturated rings. The van der Waals surface area contributed by atoms with E-state index >= 15 is 0 Å². The molecule has 0 aliphatic heterocycles. The zero-order valence-corrected chi connectivity index (χ0v) is 11.2. The molecule has 3 rings (SSSR count). The van der Waals surface area contributed by atoms with Crippen molar-refractivity contribution in [1.82, 2.24) is 35.2 Å². The summed E-state index contributed by atoms with van der Waals surface area (Å²) in [7, 11) is 0. The highest BCUT2D eigenvalue weighted by molar-refractivity contribution is 5.50. The number of benzene rings is 1. The Morgan fingerprint density at radius 2 is 2.19 bits per heavy atom. The molecule has 2 N–H and O–H groups in total. The molecule has 0 radical (unpaired) electrons. The molecule has 108 valence electrons. The van der Waals surface area contributed by atoms with Gasteiger partial charge in [-0.15, -0.1) is 10.2 Å². The van der Waals surface area contributed by atoms with Crippen molar-refractivity contribution in [2.75, 3.05) is 11.9 Å². The van der Waals surface area contributed by atoms with E-state index in [9.17, 15) is 0 Å². The van der Waals surface area contributed by atoms with Gasteiger partial charge >= 0.3 is 0 Å². The Morgan fingerprint density at radius 1 is 1.24 bits per heavy atom. The van der Waals surface area contributed by atoms with E-state index in [0.29, 0.717) is 13.1 Å². The van der Waals surface area contributed by atoms with Crippen LogP contribution in [0.2, 0.25) is 0 Å². The highest BCUT2D eigenvalue weighted by Gasteiger charge is 2.02. The SMILES string of the molecule is OCCn1cc(CNc2cccc(-n3cnnn3)c2)nn1. The molecule has 0 atom stereocenters. The number of nitrogens with one attached hydrogen (secondary N) is 1. The maximum absolute atomic E-state index is 8.84. The number of tetrazole rings is 1. The van der Waals surface area contributed by atoms with Crippen molar-refractivity contribution in [1.29, 1.82) is 0 Å². The second-order valence-corrected chi connectivity index (χ2v) is 4.35. The van der Waals surface area contributed by atoms with Gasteiger partial charge in [-0.2, -0.15) is 0 Å². The molecule has 1 aromatic carbocycles. The summed E-state index contributed by atoms with van der Waals surface area (Å²) in [6.45, 7) is 1.04. The first-order chi connectivity index (χ1) is 10.3. The van der Waals surface area contributed by atoms with Crippen molar-refractivity contribution in [2.45, 2.75) is 13.1 Å². The third-order valence-electron chi connectivity index (χ3n) is 2.85. The van der Waals surface area contributed by atoms with Crippen LogP contribution in [0, 0.1) is 0 Å². The fourth-order valence-electron chi connectivity index (χ4n) is 1.86. The summed E-state index contributed by atoms with van der Waals surface area (Å²) in [5.74, 6) is 0. The molecule has 0 amide bonds. The van der Waals surface area contributed by atoms with Crippen LogP contribution < -0.4 is 5.32 Å². The number of hydrogen-bond acceptors (Lipinski definition) is 7. The Hall–Kier alpha value is -2.81. The van der Waals surface area contributed by atoms with E-state index in [1.54, 1.807) is 21.9 Å². The van der Waals surface area contributed by atoms with Gasteiger partial charge in [0.05, 0.1) is 31.6 Å². The lowest BCUT2D eigenvalue weighted by molar-refractivity contribution is 0.268. The van der Waals surface area contributed by atoms with Crippen molar-refractivity contribution >= 4 is 5.69 Å². The lowest BCUT2D eigenvalue weighted by Crippen LogP contribution is -2.02. The van der Waals surface area contributed by atoms with E-state index in [2.05, 4.69) is 31.2 Å². The molecule has 0 saturated carbocycles. The summed E-state index contributed by atoms with van der Waals surface area (Å²) < 4.78 is 3.19. The van der Waals surface area contributed by atoms with Gasteiger partial charge in [0.25, 0.3) is 0 Å². The average Bonchev–Trinajstić information content (AvgIpc) is 3.18. The van der Waals surface area contributed by atoms with Crippen molar-refractivity contribution in [3.05, 3.63) is 42.5 Å². The zero-order chi connectivity index (χ0) is 14.5. The molecular weight excluding hydrogens is 272 g/mol. The Balaban J connectivity index is 1.66. The van der Waals surface area contributed by atoms with Crippen LogP contribution in [0.15, 0.2) is 36.8 Å². The predicted molar refractivity (Wildman–Crippen MR) is 73.6 cm³/mol. The molecule has 0 bridgehead atoms. The van der Waals surface area contributed by atoms with Crippen LogP contribution in [-0.4, -0.2) is 46.9 Å². The van der Waals surface area contributed by atoms with Crippen LogP contribution in [0.4, 0.5) is 5.69 Å². The smallest absolute Gasteiger partial charge is 0.143 e. The normalized spacial score (nSPS) is 10.7. The van der Waals surface area contributed by atoms with Crippen molar-refractivity contribution in [3.63, 3.8) is 0 Å². The van der Waals surface area contributed by atoms with E-state index in [0.717, 1.165) is 17.1 Å². The van der Waals surface area contributed by atoms with Crippen molar-refractivity contribution in [2.24, 2.45) is 0 Å². The number of nitrogens with zero attached hydrogens (tertiary/aromatic N) is 7. The number of aliphatic hydroxyl groups is 1. The van der Waals surface area contributed by atoms with E-state index < -0.39 is 0 Å². The van der Waals surface area contributed by atoms with Gasteiger partial charge in [0.15, 0.2) is 0 Å². The van der Waals surface area contributed by atoms with E-state index in [1.807, 2.05) is 24.3 Å². The molecule has 2 aromatic heterocycles. The Morgan fingerprint density at radius 3 is 3.00 bits per heavy atom. The van der Waals surface area contributed by atoms with Crippen LogP contribution >= 0.6 is 0 Å². The highest BCUT2D eigenvalue weighted by atomic mass is 16.3. The molecule has 0 aliphatic rings. The van der Waals surface area contributed by atoms with Crippen LogP contribution in [0.5, 0.6) is 0 Å². The molecule has 9 nitrogen and oxygen atoms in total. The summed E-state index contributed by atoms with van der Waals surface area (Å²) >= 11 is 0. The number of aliphatic hydroxyl groups excluding tert-OH is 1. The molecular formula is C12H14N8O. The maximum Gasteiger partial charge on any atom is 0.143 e. The number of rotatable bonds is 6. The Bertz CT molecular complexity index is 693. The largest absolute Gasteiger partial charge is 0.394 e. The van der Waals surface area contributed by atoms with Gasteiger partial charge in [0.1, 0.15) is 12.0 Å². The standard InChI is InChI=1S/C12H14N8O/c21-5-4-19-8-11(15-17-19)7-13-10-2-1-3-12(6-10)20-9-14-16-18-20/h1-3,6,8-9,13,21H,4-5,7H2. The van der Waals surface area contributed by atoms with Crippen LogP contribution in [0.25, 0.3) is 5.69 Å². The van der Waals surface area contributed by atoms with Gasteiger partial charge in [0, 0.05) is 5.69 Å². The number of anilines is 1. The van der Waals surface area contributed by atoms with Gasteiger partial charge in [-0.05, 0) is 28.6 Å². The third-order valence-corrected chi connectivity index (χ3v) is 2.85. The zero-order valence-electron chi connectivity index (χ0n) is 11.2. The molecule has 0 spiro atoms. The van der Waals surface area contributed by atoms with Gasteiger partial charge in [-0.25, -0.2) is 9.36 Å². The second kappa shape index (κ2) is 6.09. The monoisotopic (exact) mass is 286 g/mol. The van der Waals surface area contributed by atoms with Gasteiger partial charge in [0.2, 0.25) is 0 Å². The first-order valence-corrected chi connectivity index (χ1v) is 6.42. The van der Waals surface area contributed by atoms with E-state index in [1.165, 1.54) is 0 Å². The molecule has 21 heavy (non-hydrogen) atoms. The molecule has 3 aromatic rings. The summed E-state index contributed by atoms with van der Waals surface area (Å²) in [6.07, 6.45) is 3.34. The predicted octanol–water partition coefficient (Wildman–Crippen LogP) is -0.142. The molecule has 0 unspecified atom stereocenters. The summed E-state index contributed by atoms with van der Waals surface area (Å²) in [5, 5.41) is 31.1. The van der Waals surface area contributed by atoms with Crippen LogP contribution in [0.3, 0.4) is 0 Å². The summed E-state index contributed by atoms with van der Waals surface area (Å²) in [4.78, 5) is 0. The minimum atomic E-state index is 0.0458. The van der Waals surface area contributed by atoms with E-state index in [4.69, 9.17) is 5.11 Å². The molecule has 0 saturated heterocycles. The fourth-order valence-corrected chi connectivity index (χ4v) is 1.86. The first-order valence-electron chi connectivity index (χ1n) is 6.42. The lowest BCUT2D eigenvalue weighted by Gasteiger charge is -2.06. The first kappa shape index (κ1) is 13.2. The van der Waals surface area contributed by atoms with Gasteiger partial charge in [-0.1, -0.05) is 11.3 Å². The number of hydrogen-bond donors (Lipinski definition) is 2. The topological polar surface area (TPSA) is 107 Å². The Labute approximate surface area is 120 Å². The third kappa shape index (κ3) is 3.20. The second-order valence-electron chi connectivity index (χ2n) is 4.35. The number of aromatic nitrogens is 7. The van der Waals surface area contributed by atoms with Crippen LogP contribution in [0.1, 0.15) is 5.69 Å². The highest BCUT2D eigenvalue weighted by Crippen LogP contribution is 2.14.